The highest BCUT2D eigenvalue weighted by atomic mass is 16.5. The summed E-state index contributed by atoms with van der Waals surface area (Å²) in [6.07, 6.45) is 5.73. The number of hydrogen-bond acceptors (Lipinski definition) is 4. The van der Waals surface area contributed by atoms with Gasteiger partial charge in [-0.05, 0) is 38.0 Å². The number of carbonyl (C=O) groups excluding carboxylic acids is 2. The standard InChI is InChI=1S/C18H27N3O3/c1-12(18(23)21-14-7-5-4-6-8-14)19-16-11-15(20-13(2)22)9-10-17(16)24-3/h9-12,14,19H,4-8H2,1-3H3,(H,20,22)(H,21,23)/t12-/m0/s1. The predicted molar refractivity (Wildman–Crippen MR) is 95.4 cm³/mol. The molecule has 0 radical (unpaired) electrons. The summed E-state index contributed by atoms with van der Waals surface area (Å²) in [6, 6.07) is 5.18. The number of rotatable bonds is 6. The molecule has 24 heavy (non-hydrogen) atoms. The van der Waals surface area contributed by atoms with E-state index >= 15 is 0 Å². The lowest BCUT2D eigenvalue weighted by Crippen LogP contribution is -2.44. The van der Waals surface area contributed by atoms with Crippen molar-refractivity contribution < 1.29 is 14.3 Å². The molecule has 1 aliphatic carbocycles. The largest absolute Gasteiger partial charge is 0.495 e. The SMILES string of the molecule is COc1ccc(NC(C)=O)cc1N[C@@H](C)C(=O)NC1CCCCC1. The van der Waals surface area contributed by atoms with Gasteiger partial charge < -0.3 is 20.7 Å². The Morgan fingerprint density at radius 2 is 1.92 bits per heavy atom. The van der Waals surface area contributed by atoms with Crippen molar-refractivity contribution in [2.24, 2.45) is 0 Å². The molecule has 1 fully saturated rings. The minimum atomic E-state index is -0.395. The topological polar surface area (TPSA) is 79.5 Å². The van der Waals surface area contributed by atoms with Gasteiger partial charge in [-0.3, -0.25) is 9.59 Å². The fourth-order valence-electron chi connectivity index (χ4n) is 2.97. The molecule has 3 N–H and O–H groups in total. The van der Waals surface area contributed by atoms with Crippen LogP contribution < -0.4 is 20.7 Å². The van der Waals surface area contributed by atoms with E-state index < -0.39 is 6.04 Å². The van der Waals surface area contributed by atoms with Crippen LogP contribution in [-0.4, -0.2) is 31.0 Å². The van der Waals surface area contributed by atoms with Crippen molar-refractivity contribution in [3.63, 3.8) is 0 Å². The average molecular weight is 333 g/mol. The van der Waals surface area contributed by atoms with E-state index in [0.717, 1.165) is 12.8 Å². The van der Waals surface area contributed by atoms with Gasteiger partial charge in [-0.15, -0.1) is 0 Å². The second-order valence-corrected chi connectivity index (χ2v) is 6.31. The Morgan fingerprint density at radius 3 is 2.54 bits per heavy atom. The van der Waals surface area contributed by atoms with Crippen molar-refractivity contribution in [3.05, 3.63) is 18.2 Å². The first-order chi connectivity index (χ1) is 11.5. The molecule has 0 unspecified atom stereocenters. The van der Waals surface area contributed by atoms with Gasteiger partial charge >= 0.3 is 0 Å². The van der Waals surface area contributed by atoms with Crippen LogP contribution in [0, 0.1) is 0 Å². The zero-order chi connectivity index (χ0) is 17.5. The number of anilines is 2. The number of amides is 2. The van der Waals surface area contributed by atoms with Gasteiger partial charge in [0.25, 0.3) is 0 Å². The summed E-state index contributed by atoms with van der Waals surface area (Å²) in [5.74, 6) is 0.463. The highest BCUT2D eigenvalue weighted by Crippen LogP contribution is 2.28. The zero-order valence-corrected chi connectivity index (χ0v) is 14.6. The second kappa shape index (κ2) is 8.57. The molecule has 6 heteroatoms. The van der Waals surface area contributed by atoms with Gasteiger partial charge in [0.05, 0.1) is 12.8 Å². The van der Waals surface area contributed by atoms with Crippen molar-refractivity contribution in [3.8, 4) is 5.75 Å². The maximum atomic E-state index is 12.4. The Hall–Kier alpha value is -2.24. The highest BCUT2D eigenvalue weighted by Gasteiger charge is 2.20. The lowest BCUT2D eigenvalue weighted by molar-refractivity contribution is -0.122. The van der Waals surface area contributed by atoms with Crippen LogP contribution >= 0.6 is 0 Å². The van der Waals surface area contributed by atoms with Crippen molar-refractivity contribution in [2.75, 3.05) is 17.7 Å². The molecule has 0 saturated heterocycles. The first-order valence-corrected chi connectivity index (χ1v) is 8.52. The molecule has 1 atom stereocenters. The molecular formula is C18H27N3O3. The van der Waals surface area contributed by atoms with E-state index in [2.05, 4.69) is 16.0 Å². The molecule has 6 nitrogen and oxygen atoms in total. The molecule has 1 aromatic carbocycles. The maximum Gasteiger partial charge on any atom is 0.242 e. The third-order valence-corrected chi connectivity index (χ3v) is 4.24. The first-order valence-electron chi connectivity index (χ1n) is 8.52. The molecule has 0 heterocycles. The molecule has 0 bridgehead atoms. The zero-order valence-electron chi connectivity index (χ0n) is 14.6. The molecule has 0 spiro atoms. The molecular weight excluding hydrogens is 306 g/mol. The number of carbonyl (C=O) groups is 2. The van der Waals surface area contributed by atoms with Crippen molar-refractivity contribution >= 4 is 23.2 Å². The summed E-state index contributed by atoms with van der Waals surface area (Å²) >= 11 is 0. The third-order valence-electron chi connectivity index (χ3n) is 4.24. The first kappa shape index (κ1) is 18.1. The van der Waals surface area contributed by atoms with Crippen LogP contribution in [0.15, 0.2) is 18.2 Å². The molecule has 132 valence electrons. The lowest BCUT2D eigenvalue weighted by atomic mass is 9.95. The van der Waals surface area contributed by atoms with E-state index in [1.54, 1.807) is 25.3 Å². The summed E-state index contributed by atoms with van der Waals surface area (Å²) < 4.78 is 5.33. The maximum absolute atomic E-state index is 12.4. The summed E-state index contributed by atoms with van der Waals surface area (Å²) in [5.41, 5.74) is 1.33. The molecule has 1 saturated carbocycles. The number of benzene rings is 1. The van der Waals surface area contributed by atoms with Crippen molar-refractivity contribution in [2.45, 2.75) is 58.0 Å². The van der Waals surface area contributed by atoms with E-state index in [4.69, 9.17) is 4.74 Å². The highest BCUT2D eigenvalue weighted by molar-refractivity contribution is 5.90. The van der Waals surface area contributed by atoms with Gasteiger partial charge in [0.1, 0.15) is 11.8 Å². The lowest BCUT2D eigenvalue weighted by Gasteiger charge is -2.25. The van der Waals surface area contributed by atoms with E-state index in [0.29, 0.717) is 17.1 Å². The Balaban J connectivity index is 2.01. The van der Waals surface area contributed by atoms with E-state index in [1.807, 2.05) is 6.92 Å². The van der Waals surface area contributed by atoms with Gasteiger partial charge in [-0.25, -0.2) is 0 Å². The van der Waals surface area contributed by atoms with Crippen LogP contribution in [0.1, 0.15) is 46.0 Å². The monoisotopic (exact) mass is 333 g/mol. The van der Waals surface area contributed by atoms with E-state index in [1.165, 1.54) is 26.2 Å². The van der Waals surface area contributed by atoms with Gasteiger partial charge in [-0.1, -0.05) is 19.3 Å². The predicted octanol–water partition coefficient (Wildman–Crippen LogP) is 2.90. The van der Waals surface area contributed by atoms with E-state index in [9.17, 15) is 9.59 Å². The molecule has 1 aliphatic rings. The Bertz CT molecular complexity index is 583. The van der Waals surface area contributed by atoms with Gasteiger partial charge in [-0.2, -0.15) is 0 Å². The van der Waals surface area contributed by atoms with Crippen LogP contribution in [0.25, 0.3) is 0 Å². The minimum absolute atomic E-state index is 0.0196. The van der Waals surface area contributed by atoms with Crippen LogP contribution in [0.4, 0.5) is 11.4 Å². The fourth-order valence-corrected chi connectivity index (χ4v) is 2.97. The second-order valence-electron chi connectivity index (χ2n) is 6.31. The summed E-state index contributed by atoms with van der Waals surface area (Å²) in [4.78, 5) is 23.6. The van der Waals surface area contributed by atoms with Crippen molar-refractivity contribution in [1.29, 1.82) is 0 Å². The van der Waals surface area contributed by atoms with Gasteiger partial charge in [0, 0.05) is 18.7 Å². The number of methoxy groups -OCH3 is 1. The van der Waals surface area contributed by atoms with E-state index in [-0.39, 0.29) is 17.9 Å². The third kappa shape index (κ3) is 5.15. The Morgan fingerprint density at radius 1 is 1.21 bits per heavy atom. The fraction of sp³-hybridized carbons (Fsp3) is 0.556. The quantitative estimate of drug-likeness (QED) is 0.748. The number of nitrogens with one attached hydrogen (secondary N) is 3. The molecule has 1 aromatic rings. The van der Waals surface area contributed by atoms with Gasteiger partial charge in [0.2, 0.25) is 11.8 Å². The Labute approximate surface area is 143 Å². The molecule has 2 amide bonds. The number of ether oxygens (including phenoxy) is 1. The van der Waals surface area contributed by atoms with Crippen LogP contribution in [0.5, 0.6) is 5.75 Å². The average Bonchev–Trinajstić information content (AvgIpc) is 2.55. The van der Waals surface area contributed by atoms with Crippen molar-refractivity contribution in [1.82, 2.24) is 5.32 Å². The minimum Gasteiger partial charge on any atom is -0.495 e. The Kier molecular flexibility index (Phi) is 6.46. The molecule has 0 aliphatic heterocycles. The summed E-state index contributed by atoms with van der Waals surface area (Å²) in [6.45, 7) is 3.28. The molecule has 2 rings (SSSR count). The smallest absolute Gasteiger partial charge is 0.242 e. The van der Waals surface area contributed by atoms with Crippen LogP contribution in [-0.2, 0) is 9.59 Å². The van der Waals surface area contributed by atoms with Gasteiger partial charge in [0.15, 0.2) is 0 Å². The molecule has 0 aromatic heterocycles. The normalized spacial score (nSPS) is 16.1. The summed E-state index contributed by atoms with van der Waals surface area (Å²) in [5, 5.41) is 9.02. The number of hydrogen-bond donors (Lipinski definition) is 3. The summed E-state index contributed by atoms with van der Waals surface area (Å²) in [7, 11) is 1.57. The van der Waals surface area contributed by atoms with Crippen LogP contribution in [0.2, 0.25) is 0 Å². The van der Waals surface area contributed by atoms with Crippen LogP contribution in [0.3, 0.4) is 0 Å².